The van der Waals surface area contributed by atoms with Crippen LogP contribution in [0.2, 0.25) is 0 Å². The highest BCUT2D eigenvalue weighted by Gasteiger charge is 2.36. The first kappa shape index (κ1) is 28.4. The molecule has 0 spiro atoms. The number of halogens is 6. The number of nitrogen functional groups attached to an aromatic ring is 2. The second-order valence-corrected chi connectivity index (χ2v) is 9.34. The molecular weight excluding hydrogens is 558 g/mol. The van der Waals surface area contributed by atoms with Gasteiger partial charge in [-0.3, -0.25) is 0 Å². The summed E-state index contributed by atoms with van der Waals surface area (Å²) in [4.78, 5) is 0. The molecule has 10 heteroatoms. The van der Waals surface area contributed by atoms with Gasteiger partial charge in [-0.05, 0) is 101 Å². The molecule has 0 aromatic heterocycles. The smallest absolute Gasteiger partial charge is 0.420 e. The Morgan fingerprint density at radius 1 is 0.429 bits per heavy atom. The van der Waals surface area contributed by atoms with Gasteiger partial charge in [0.2, 0.25) is 0 Å². The van der Waals surface area contributed by atoms with Gasteiger partial charge in [0.05, 0.1) is 11.1 Å². The topological polar surface area (TPSA) is 70.5 Å². The molecule has 0 bridgehead atoms. The first-order chi connectivity index (χ1) is 19.9. The zero-order valence-electron chi connectivity index (χ0n) is 21.6. The Balaban J connectivity index is 1.49. The summed E-state index contributed by atoms with van der Waals surface area (Å²) in [5.41, 5.74) is 11.2. The van der Waals surface area contributed by atoms with Crippen molar-refractivity contribution < 1.29 is 35.8 Å². The van der Waals surface area contributed by atoms with Gasteiger partial charge in [-0.15, -0.1) is 0 Å². The van der Waals surface area contributed by atoms with Crippen LogP contribution < -0.4 is 20.9 Å². The summed E-state index contributed by atoms with van der Waals surface area (Å²) in [6.45, 7) is 0. The average Bonchev–Trinajstić information content (AvgIpc) is 2.95. The van der Waals surface area contributed by atoms with Gasteiger partial charge in [0.15, 0.2) is 0 Å². The van der Waals surface area contributed by atoms with Crippen LogP contribution in [0.25, 0.3) is 22.3 Å². The van der Waals surface area contributed by atoms with E-state index < -0.39 is 35.0 Å². The van der Waals surface area contributed by atoms with Gasteiger partial charge in [0.25, 0.3) is 0 Å². The molecule has 4 N–H and O–H groups in total. The molecule has 0 fully saturated rings. The van der Waals surface area contributed by atoms with Gasteiger partial charge in [-0.25, -0.2) is 0 Å². The number of benzene rings is 5. The van der Waals surface area contributed by atoms with E-state index in [2.05, 4.69) is 0 Å². The minimum absolute atomic E-state index is 0.175. The molecule has 0 radical (unpaired) electrons. The highest BCUT2D eigenvalue weighted by Crippen LogP contribution is 2.43. The van der Waals surface area contributed by atoms with Crippen molar-refractivity contribution in [2.24, 2.45) is 0 Å². The van der Waals surface area contributed by atoms with Crippen molar-refractivity contribution in [2.45, 2.75) is 12.4 Å². The summed E-state index contributed by atoms with van der Waals surface area (Å²) >= 11 is 0. The normalized spacial score (nSPS) is 11.8. The van der Waals surface area contributed by atoms with Gasteiger partial charge in [-0.2, -0.15) is 26.3 Å². The van der Waals surface area contributed by atoms with E-state index in [4.69, 9.17) is 20.9 Å². The number of ether oxygens (including phenoxy) is 2. The maximum Gasteiger partial charge on any atom is 0.420 e. The van der Waals surface area contributed by atoms with Crippen molar-refractivity contribution in [1.82, 2.24) is 0 Å². The molecular formula is C32H22F6N2O2. The fourth-order valence-electron chi connectivity index (χ4n) is 4.24. The molecule has 0 amide bonds. The summed E-state index contributed by atoms with van der Waals surface area (Å²) < 4.78 is 95.0. The Bertz CT molecular complexity index is 1590. The Kier molecular flexibility index (Phi) is 7.47. The van der Waals surface area contributed by atoms with Crippen molar-refractivity contribution in [3.05, 3.63) is 120 Å². The number of alkyl halides is 6. The maximum absolute atomic E-state index is 14.0. The lowest BCUT2D eigenvalue weighted by Crippen LogP contribution is -2.07. The zero-order valence-corrected chi connectivity index (χ0v) is 21.6. The molecule has 0 heterocycles. The van der Waals surface area contributed by atoms with Crippen LogP contribution in [0.4, 0.5) is 37.7 Å². The van der Waals surface area contributed by atoms with Crippen molar-refractivity contribution in [3.63, 3.8) is 0 Å². The van der Waals surface area contributed by atoms with E-state index in [0.29, 0.717) is 22.5 Å². The summed E-state index contributed by atoms with van der Waals surface area (Å²) in [5.74, 6) is -0.458. The third kappa shape index (κ3) is 6.43. The number of hydrogen-bond acceptors (Lipinski definition) is 4. The van der Waals surface area contributed by atoms with E-state index in [9.17, 15) is 26.3 Å². The van der Waals surface area contributed by atoms with E-state index in [1.165, 1.54) is 78.9 Å². The minimum atomic E-state index is -4.74. The van der Waals surface area contributed by atoms with Gasteiger partial charge >= 0.3 is 12.4 Å². The molecule has 5 rings (SSSR count). The predicted octanol–water partition coefficient (Wildman–Crippen LogP) is 9.81. The van der Waals surface area contributed by atoms with Gasteiger partial charge in [0.1, 0.15) is 23.0 Å². The lowest BCUT2D eigenvalue weighted by molar-refractivity contribution is -0.139. The molecule has 42 heavy (non-hydrogen) atoms. The van der Waals surface area contributed by atoms with Crippen LogP contribution in [0.15, 0.2) is 109 Å². The third-order valence-electron chi connectivity index (χ3n) is 6.31. The fraction of sp³-hybridized carbons (Fsp3) is 0.0625. The van der Waals surface area contributed by atoms with Crippen LogP contribution in [0.3, 0.4) is 0 Å². The highest BCUT2D eigenvalue weighted by atomic mass is 19.4. The summed E-state index contributed by atoms with van der Waals surface area (Å²) in [6.07, 6.45) is -9.47. The first-order valence-electron chi connectivity index (χ1n) is 12.5. The van der Waals surface area contributed by atoms with Crippen molar-refractivity contribution >= 4 is 11.4 Å². The fourth-order valence-corrected chi connectivity index (χ4v) is 4.24. The Hall–Kier alpha value is -5.12. The Labute approximate surface area is 236 Å². The maximum atomic E-state index is 14.0. The van der Waals surface area contributed by atoms with Crippen LogP contribution in [-0.4, -0.2) is 0 Å². The number of hydrogen-bond donors (Lipinski definition) is 2. The van der Waals surface area contributed by atoms with Gasteiger partial charge < -0.3 is 20.9 Å². The van der Waals surface area contributed by atoms with Crippen LogP contribution in [0.5, 0.6) is 23.0 Å². The number of rotatable bonds is 6. The summed E-state index contributed by atoms with van der Waals surface area (Å²) in [7, 11) is 0. The van der Waals surface area contributed by atoms with Crippen LogP contribution >= 0.6 is 0 Å². The van der Waals surface area contributed by atoms with E-state index in [1.54, 1.807) is 18.2 Å². The van der Waals surface area contributed by atoms with Crippen molar-refractivity contribution in [3.8, 4) is 45.3 Å². The van der Waals surface area contributed by atoms with Crippen LogP contribution in [0.1, 0.15) is 11.1 Å². The molecule has 214 valence electrons. The molecule has 0 atom stereocenters. The first-order valence-corrected chi connectivity index (χ1v) is 12.5. The quantitative estimate of drug-likeness (QED) is 0.155. The molecule has 5 aromatic rings. The van der Waals surface area contributed by atoms with Crippen molar-refractivity contribution in [2.75, 3.05) is 11.5 Å². The zero-order chi connectivity index (χ0) is 30.1. The predicted molar refractivity (Wildman–Crippen MR) is 149 cm³/mol. The molecule has 0 saturated heterocycles. The second kappa shape index (κ2) is 11.0. The van der Waals surface area contributed by atoms with E-state index >= 15 is 0 Å². The highest BCUT2D eigenvalue weighted by molar-refractivity contribution is 5.75. The van der Waals surface area contributed by atoms with Crippen LogP contribution in [0, 0.1) is 0 Å². The minimum Gasteiger partial charge on any atom is -0.457 e. The standard InChI is InChI=1S/C32H22F6N2O2/c33-31(34,35)27-17-21(4-14-29(27)41-25-10-6-23(39)7-11-25)19-2-1-3-20(16-19)22-5-15-30(28(18-22)32(36,37)38)42-26-12-8-24(40)9-13-26/h1-18H,39-40H2. The van der Waals surface area contributed by atoms with Crippen LogP contribution in [-0.2, 0) is 12.4 Å². The largest absolute Gasteiger partial charge is 0.457 e. The second-order valence-electron chi connectivity index (χ2n) is 9.34. The average molecular weight is 581 g/mol. The molecule has 0 aliphatic carbocycles. The van der Waals surface area contributed by atoms with Gasteiger partial charge in [0, 0.05) is 11.4 Å². The monoisotopic (exact) mass is 580 g/mol. The van der Waals surface area contributed by atoms with E-state index in [0.717, 1.165) is 12.1 Å². The van der Waals surface area contributed by atoms with Crippen molar-refractivity contribution in [1.29, 1.82) is 0 Å². The molecule has 5 aromatic carbocycles. The number of nitrogens with two attached hydrogens (primary N) is 2. The molecule has 4 nitrogen and oxygen atoms in total. The molecule has 0 unspecified atom stereocenters. The lowest BCUT2D eigenvalue weighted by Gasteiger charge is -2.17. The molecule has 0 saturated carbocycles. The third-order valence-corrected chi connectivity index (χ3v) is 6.31. The lowest BCUT2D eigenvalue weighted by atomic mass is 9.96. The Morgan fingerprint density at radius 3 is 1.14 bits per heavy atom. The summed E-state index contributed by atoms with van der Waals surface area (Å²) in [5, 5.41) is 0. The molecule has 0 aliphatic heterocycles. The molecule has 0 aliphatic rings. The SMILES string of the molecule is Nc1ccc(Oc2ccc(-c3cccc(-c4ccc(Oc5ccc(N)cc5)c(C(F)(F)F)c4)c3)cc2C(F)(F)F)cc1. The van der Waals surface area contributed by atoms with Gasteiger partial charge in [-0.1, -0.05) is 30.3 Å². The summed E-state index contributed by atoms with van der Waals surface area (Å²) in [6, 6.07) is 25.2. The van der Waals surface area contributed by atoms with E-state index in [-0.39, 0.29) is 22.6 Å². The van der Waals surface area contributed by atoms with E-state index in [1.807, 2.05) is 0 Å². The Morgan fingerprint density at radius 2 is 0.786 bits per heavy atom. The number of anilines is 2.